The van der Waals surface area contributed by atoms with Crippen molar-refractivity contribution in [2.75, 3.05) is 0 Å². The smallest absolute Gasteiger partial charge is 0.152 e. The zero-order chi connectivity index (χ0) is 8.65. The maximum atomic E-state index is 8.75. The number of nitrogens with one attached hydrogen (secondary N) is 1. The normalized spacial score (nSPS) is 29.6. The number of rotatable bonds is 1. The molecule has 1 aliphatic heterocycles. The van der Waals surface area contributed by atoms with Crippen LogP contribution in [0.4, 0.5) is 0 Å². The van der Waals surface area contributed by atoms with Crippen LogP contribution in [0.15, 0.2) is 0 Å². The maximum absolute atomic E-state index is 8.75. The Morgan fingerprint density at radius 1 is 1.82 bits per heavy atom. The molecule has 0 unspecified atom stereocenters. The minimum atomic E-state index is -0.306. The standard InChI is InChI=1S/C5H11N3OS2/c1-5(2)3(7-9)8(6)4(10)11-5/h3,7,9H,6H2,1-2H3/t3-/m0/s1. The Balaban J connectivity index is 2.81. The van der Waals surface area contributed by atoms with Crippen molar-refractivity contribution in [3.8, 4) is 0 Å². The number of thiocarbonyl (C=S) groups is 1. The van der Waals surface area contributed by atoms with Crippen LogP contribution in [0, 0.1) is 0 Å². The molecule has 0 aromatic carbocycles. The van der Waals surface area contributed by atoms with Crippen LogP contribution in [-0.4, -0.2) is 25.4 Å². The van der Waals surface area contributed by atoms with Gasteiger partial charge in [0, 0.05) is 0 Å². The zero-order valence-corrected chi connectivity index (χ0v) is 8.00. The van der Waals surface area contributed by atoms with E-state index >= 15 is 0 Å². The fraction of sp³-hybridized carbons (Fsp3) is 0.800. The highest BCUT2D eigenvalue weighted by Crippen LogP contribution is 2.37. The van der Waals surface area contributed by atoms with Crippen LogP contribution in [0.25, 0.3) is 0 Å². The average Bonchev–Trinajstić information content (AvgIpc) is 2.03. The van der Waals surface area contributed by atoms with Gasteiger partial charge in [-0.2, -0.15) is 5.48 Å². The molecule has 1 aliphatic rings. The van der Waals surface area contributed by atoms with Crippen LogP contribution in [0.1, 0.15) is 13.8 Å². The summed E-state index contributed by atoms with van der Waals surface area (Å²) >= 11 is 6.42. The van der Waals surface area contributed by atoms with E-state index in [0.29, 0.717) is 4.32 Å². The highest BCUT2D eigenvalue weighted by Gasteiger charge is 2.43. The summed E-state index contributed by atoms with van der Waals surface area (Å²) < 4.78 is 0.419. The molecular formula is C5H11N3OS2. The number of thioether (sulfide) groups is 1. The molecule has 0 bridgehead atoms. The van der Waals surface area contributed by atoms with Gasteiger partial charge in [0.25, 0.3) is 0 Å². The van der Waals surface area contributed by atoms with Crippen molar-refractivity contribution in [1.29, 1.82) is 0 Å². The lowest BCUT2D eigenvalue weighted by Crippen LogP contribution is -2.53. The fourth-order valence-corrected chi connectivity index (χ4v) is 2.68. The topological polar surface area (TPSA) is 61.5 Å². The number of hydroxylamine groups is 1. The second-order valence-corrected chi connectivity index (χ2v) is 5.20. The molecule has 1 atom stereocenters. The largest absolute Gasteiger partial charge is 0.315 e. The second kappa shape index (κ2) is 2.87. The fourth-order valence-electron chi connectivity index (χ4n) is 0.992. The minimum Gasteiger partial charge on any atom is -0.315 e. The molecule has 0 spiro atoms. The first kappa shape index (κ1) is 9.21. The molecule has 0 aromatic heterocycles. The van der Waals surface area contributed by atoms with Crippen LogP contribution < -0.4 is 11.3 Å². The summed E-state index contributed by atoms with van der Waals surface area (Å²) in [7, 11) is 0. The summed E-state index contributed by atoms with van der Waals surface area (Å²) in [6.07, 6.45) is -0.306. The lowest BCUT2D eigenvalue weighted by Gasteiger charge is -2.26. The summed E-state index contributed by atoms with van der Waals surface area (Å²) in [5.41, 5.74) is 2.13. The Morgan fingerprint density at radius 3 is 2.55 bits per heavy atom. The Bertz CT molecular complexity index is 185. The van der Waals surface area contributed by atoms with Crippen molar-refractivity contribution in [1.82, 2.24) is 10.5 Å². The third-order valence-corrected chi connectivity index (χ3v) is 3.22. The molecule has 0 amide bonds. The third-order valence-electron chi connectivity index (χ3n) is 1.62. The first-order valence-corrected chi connectivity index (χ1v) is 4.38. The van der Waals surface area contributed by atoms with Gasteiger partial charge >= 0.3 is 0 Å². The summed E-state index contributed by atoms with van der Waals surface area (Å²) in [5.74, 6) is 5.56. The number of hydrogen-bond donors (Lipinski definition) is 3. The van der Waals surface area contributed by atoms with Crippen LogP contribution >= 0.6 is 24.0 Å². The monoisotopic (exact) mass is 193 g/mol. The Kier molecular flexibility index (Phi) is 2.40. The molecule has 4 N–H and O–H groups in total. The lowest BCUT2D eigenvalue weighted by atomic mass is 10.1. The number of nitrogens with zero attached hydrogens (tertiary/aromatic N) is 1. The van der Waals surface area contributed by atoms with Crippen LogP contribution in [-0.2, 0) is 0 Å². The van der Waals surface area contributed by atoms with E-state index in [-0.39, 0.29) is 10.9 Å². The van der Waals surface area contributed by atoms with Crippen molar-refractivity contribution in [3.05, 3.63) is 0 Å². The molecule has 1 fully saturated rings. The van der Waals surface area contributed by atoms with Crippen molar-refractivity contribution < 1.29 is 5.21 Å². The highest BCUT2D eigenvalue weighted by molar-refractivity contribution is 8.24. The van der Waals surface area contributed by atoms with Gasteiger partial charge in [-0.3, -0.25) is 5.01 Å². The van der Waals surface area contributed by atoms with Gasteiger partial charge < -0.3 is 5.21 Å². The van der Waals surface area contributed by atoms with E-state index in [1.54, 1.807) is 0 Å². The van der Waals surface area contributed by atoms with E-state index in [0.717, 1.165) is 0 Å². The van der Waals surface area contributed by atoms with E-state index in [1.807, 2.05) is 13.8 Å². The number of nitrogens with two attached hydrogens (primary N) is 1. The summed E-state index contributed by atoms with van der Waals surface area (Å²) in [6, 6.07) is 0. The molecule has 0 saturated carbocycles. The molecule has 0 aromatic rings. The van der Waals surface area contributed by atoms with Gasteiger partial charge in [-0.1, -0.05) is 24.0 Å². The third kappa shape index (κ3) is 1.50. The van der Waals surface area contributed by atoms with Crippen molar-refractivity contribution in [2.45, 2.75) is 24.8 Å². The first-order valence-electron chi connectivity index (χ1n) is 3.15. The summed E-state index contributed by atoms with van der Waals surface area (Å²) in [4.78, 5) is 0. The summed E-state index contributed by atoms with van der Waals surface area (Å²) in [6.45, 7) is 3.93. The number of hydrazine groups is 1. The molecule has 1 heterocycles. The van der Waals surface area contributed by atoms with Crippen molar-refractivity contribution in [3.63, 3.8) is 0 Å². The Labute approximate surface area is 75.0 Å². The van der Waals surface area contributed by atoms with Crippen LogP contribution in [0.3, 0.4) is 0 Å². The van der Waals surface area contributed by atoms with Gasteiger partial charge in [0.15, 0.2) is 4.32 Å². The molecular weight excluding hydrogens is 182 g/mol. The lowest BCUT2D eigenvalue weighted by molar-refractivity contribution is 0.0570. The van der Waals surface area contributed by atoms with E-state index in [9.17, 15) is 0 Å². The van der Waals surface area contributed by atoms with Crippen molar-refractivity contribution in [2.24, 2.45) is 5.84 Å². The van der Waals surface area contributed by atoms with Gasteiger partial charge in [-0.05, 0) is 13.8 Å². The van der Waals surface area contributed by atoms with Crippen molar-refractivity contribution >= 4 is 28.3 Å². The predicted molar refractivity (Wildman–Crippen MR) is 49.0 cm³/mol. The molecule has 0 radical (unpaired) electrons. The van der Waals surface area contributed by atoms with Crippen LogP contribution in [0.5, 0.6) is 0 Å². The van der Waals surface area contributed by atoms with Gasteiger partial charge in [0.05, 0.1) is 4.75 Å². The Morgan fingerprint density at radius 2 is 2.36 bits per heavy atom. The SMILES string of the molecule is CC1(C)SC(=S)N(N)[C@@H]1NO. The first-order chi connectivity index (χ1) is 4.99. The minimum absolute atomic E-state index is 0.180. The molecule has 1 saturated heterocycles. The summed E-state index contributed by atoms with van der Waals surface area (Å²) in [5, 5.41) is 10.1. The highest BCUT2D eigenvalue weighted by atomic mass is 32.2. The van der Waals surface area contributed by atoms with Gasteiger partial charge in [-0.15, -0.1) is 0 Å². The van der Waals surface area contributed by atoms with E-state index in [1.165, 1.54) is 16.8 Å². The second-order valence-electron chi connectivity index (χ2n) is 2.91. The molecule has 4 nitrogen and oxygen atoms in total. The quantitative estimate of drug-likeness (QED) is 0.316. The average molecular weight is 193 g/mol. The molecule has 1 rings (SSSR count). The molecule has 64 valence electrons. The van der Waals surface area contributed by atoms with Gasteiger partial charge in [-0.25, -0.2) is 5.84 Å². The predicted octanol–water partition coefficient (Wildman–Crippen LogP) is 0.277. The molecule has 6 heteroatoms. The van der Waals surface area contributed by atoms with E-state index in [2.05, 4.69) is 5.48 Å². The number of hydrogen-bond acceptors (Lipinski definition) is 5. The zero-order valence-electron chi connectivity index (χ0n) is 6.37. The van der Waals surface area contributed by atoms with Gasteiger partial charge in [0.2, 0.25) is 0 Å². The van der Waals surface area contributed by atoms with E-state index in [4.69, 9.17) is 23.3 Å². The Hall–Kier alpha value is 0.120. The van der Waals surface area contributed by atoms with Gasteiger partial charge in [0.1, 0.15) is 6.17 Å². The molecule has 11 heavy (non-hydrogen) atoms. The van der Waals surface area contributed by atoms with E-state index < -0.39 is 0 Å². The molecule has 0 aliphatic carbocycles. The van der Waals surface area contributed by atoms with Crippen LogP contribution in [0.2, 0.25) is 0 Å². The maximum Gasteiger partial charge on any atom is 0.152 e.